The van der Waals surface area contributed by atoms with Crippen LogP contribution in [0.3, 0.4) is 0 Å². The highest BCUT2D eigenvalue weighted by molar-refractivity contribution is 5.34. The van der Waals surface area contributed by atoms with E-state index in [0.717, 1.165) is 44.1 Å². The van der Waals surface area contributed by atoms with E-state index in [9.17, 15) is 0 Å². The predicted molar refractivity (Wildman–Crippen MR) is 93.2 cm³/mol. The lowest BCUT2D eigenvalue weighted by Crippen LogP contribution is -2.37. The van der Waals surface area contributed by atoms with Crippen molar-refractivity contribution in [2.75, 3.05) is 26.2 Å². The Morgan fingerprint density at radius 2 is 2.00 bits per heavy atom. The van der Waals surface area contributed by atoms with Gasteiger partial charge in [0.15, 0.2) is 0 Å². The lowest BCUT2D eigenvalue weighted by atomic mass is 9.92. The normalized spacial score (nSPS) is 22.6. The molecule has 1 aromatic carbocycles. The number of rotatable bonds is 3. The minimum absolute atomic E-state index is 0.562. The molecule has 0 aliphatic carbocycles. The van der Waals surface area contributed by atoms with Crippen molar-refractivity contribution in [1.29, 1.82) is 0 Å². The van der Waals surface area contributed by atoms with Gasteiger partial charge >= 0.3 is 0 Å². The number of para-hydroxylation sites is 1. The summed E-state index contributed by atoms with van der Waals surface area (Å²) in [6, 6.07) is 8.51. The molecule has 0 spiro atoms. The maximum absolute atomic E-state index is 5.91. The molecule has 0 saturated carbocycles. The van der Waals surface area contributed by atoms with Crippen LogP contribution in [0.5, 0.6) is 5.75 Å². The number of piperidine rings is 1. The maximum atomic E-state index is 5.91. The summed E-state index contributed by atoms with van der Waals surface area (Å²) in [7, 11) is 2.05. The first-order valence-electron chi connectivity index (χ1n) is 9.06. The SMILES string of the molecule is Cn1cnnc1C1CCN(C[C@@H]2CCOc3ccccc3C2)CC1. The van der Waals surface area contributed by atoms with Crippen LogP contribution in [0.15, 0.2) is 30.6 Å². The van der Waals surface area contributed by atoms with Gasteiger partial charge in [0, 0.05) is 19.5 Å². The van der Waals surface area contributed by atoms with Crippen molar-refractivity contribution in [2.24, 2.45) is 13.0 Å². The van der Waals surface area contributed by atoms with Crippen molar-refractivity contribution in [3.63, 3.8) is 0 Å². The molecule has 1 atom stereocenters. The Bertz CT molecular complexity index is 676. The van der Waals surface area contributed by atoms with Gasteiger partial charge in [-0.15, -0.1) is 10.2 Å². The summed E-state index contributed by atoms with van der Waals surface area (Å²) in [5, 5.41) is 8.32. The molecule has 0 amide bonds. The molecule has 1 saturated heterocycles. The monoisotopic (exact) mass is 326 g/mol. The minimum Gasteiger partial charge on any atom is -0.493 e. The van der Waals surface area contributed by atoms with E-state index in [0.29, 0.717) is 11.8 Å². The van der Waals surface area contributed by atoms with Crippen LogP contribution in [0.4, 0.5) is 0 Å². The van der Waals surface area contributed by atoms with Crippen molar-refractivity contribution < 1.29 is 4.74 Å². The molecule has 2 aromatic rings. The number of ether oxygens (including phenoxy) is 1. The standard InChI is InChI=1S/C19H26N4O/c1-22-14-20-21-19(22)16-6-9-23(10-7-16)13-15-8-11-24-18-5-3-2-4-17(18)12-15/h2-5,14-16H,6-13H2,1H3/t15-/m1/s1. The van der Waals surface area contributed by atoms with E-state index < -0.39 is 0 Å². The quantitative estimate of drug-likeness (QED) is 0.870. The topological polar surface area (TPSA) is 43.2 Å². The van der Waals surface area contributed by atoms with Gasteiger partial charge in [0.05, 0.1) is 6.61 Å². The second-order valence-corrected chi connectivity index (χ2v) is 7.19. The van der Waals surface area contributed by atoms with Gasteiger partial charge in [0.25, 0.3) is 0 Å². The van der Waals surface area contributed by atoms with E-state index in [1.165, 1.54) is 24.9 Å². The highest BCUT2D eigenvalue weighted by Gasteiger charge is 2.26. The highest BCUT2D eigenvalue weighted by Crippen LogP contribution is 2.30. The zero-order valence-corrected chi connectivity index (χ0v) is 14.4. The van der Waals surface area contributed by atoms with Crippen LogP contribution >= 0.6 is 0 Å². The lowest BCUT2D eigenvalue weighted by molar-refractivity contribution is 0.169. The van der Waals surface area contributed by atoms with Crippen LogP contribution in [-0.2, 0) is 13.5 Å². The van der Waals surface area contributed by atoms with Crippen LogP contribution in [-0.4, -0.2) is 45.9 Å². The molecule has 128 valence electrons. The summed E-state index contributed by atoms with van der Waals surface area (Å²) in [4.78, 5) is 2.63. The van der Waals surface area contributed by atoms with Gasteiger partial charge in [-0.1, -0.05) is 18.2 Å². The van der Waals surface area contributed by atoms with Crippen LogP contribution in [0.2, 0.25) is 0 Å². The molecule has 1 aromatic heterocycles. The molecule has 5 nitrogen and oxygen atoms in total. The van der Waals surface area contributed by atoms with Crippen molar-refractivity contribution in [3.05, 3.63) is 42.0 Å². The molecule has 2 aliphatic rings. The Hall–Kier alpha value is -1.88. The largest absolute Gasteiger partial charge is 0.493 e. The van der Waals surface area contributed by atoms with Gasteiger partial charge in [-0.3, -0.25) is 0 Å². The van der Waals surface area contributed by atoms with Crippen molar-refractivity contribution in [3.8, 4) is 5.75 Å². The average Bonchev–Trinajstić information content (AvgIpc) is 2.92. The zero-order valence-electron chi connectivity index (χ0n) is 14.4. The second-order valence-electron chi connectivity index (χ2n) is 7.19. The van der Waals surface area contributed by atoms with Gasteiger partial charge in [0.1, 0.15) is 17.9 Å². The Labute approximate surface area is 143 Å². The first-order chi connectivity index (χ1) is 11.8. The number of nitrogens with zero attached hydrogens (tertiary/aromatic N) is 4. The smallest absolute Gasteiger partial charge is 0.135 e. The molecule has 0 bridgehead atoms. The van der Waals surface area contributed by atoms with E-state index in [4.69, 9.17) is 4.74 Å². The van der Waals surface area contributed by atoms with Gasteiger partial charge in [-0.05, 0) is 56.3 Å². The van der Waals surface area contributed by atoms with Crippen LogP contribution in [0.1, 0.15) is 36.6 Å². The van der Waals surface area contributed by atoms with E-state index in [-0.39, 0.29) is 0 Å². The second kappa shape index (κ2) is 6.93. The molecule has 3 heterocycles. The Morgan fingerprint density at radius 1 is 1.17 bits per heavy atom. The number of fused-ring (bicyclic) bond motifs is 1. The van der Waals surface area contributed by atoms with E-state index in [1.807, 2.05) is 13.4 Å². The molecular weight excluding hydrogens is 300 g/mol. The number of likely N-dealkylation sites (tertiary alicyclic amines) is 1. The summed E-state index contributed by atoms with van der Waals surface area (Å²) in [5.41, 5.74) is 1.37. The third-order valence-electron chi connectivity index (χ3n) is 5.48. The molecule has 1 fully saturated rings. The number of benzene rings is 1. The zero-order chi connectivity index (χ0) is 16.4. The summed E-state index contributed by atoms with van der Waals surface area (Å²) in [5.74, 6) is 3.49. The minimum atomic E-state index is 0.562. The first kappa shape index (κ1) is 15.6. The van der Waals surface area contributed by atoms with Crippen molar-refractivity contribution in [1.82, 2.24) is 19.7 Å². The number of aryl methyl sites for hydroxylation is 1. The van der Waals surface area contributed by atoms with Gasteiger partial charge in [-0.25, -0.2) is 0 Å². The molecular formula is C19H26N4O. The van der Waals surface area contributed by atoms with Gasteiger partial charge in [-0.2, -0.15) is 0 Å². The fourth-order valence-electron chi connectivity index (χ4n) is 4.12. The maximum Gasteiger partial charge on any atom is 0.135 e. The van der Waals surface area contributed by atoms with Crippen molar-refractivity contribution in [2.45, 2.75) is 31.6 Å². The van der Waals surface area contributed by atoms with Crippen molar-refractivity contribution >= 4 is 0 Å². The average molecular weight is 326 g/mol. The molecule has 2 aliphatic heterocycles. The number of hydrogen-bond donors (Lipinski definition) is 0. The Kier molecular flexibility index (Phi) is 4.52. The predicted octanol–water partition coefficient (Wildman–Crippen LogP) is 2.64. The van der Waals surface area contributed by atoms with Gasteiger partial charge < -0.3 is 14.2 Å². The third kappa shape index (κ3) is 3.31. The lowest BCUT2D eigenvalue weighted by Gasteiger charge is -2.33. The molecule has 0 N–H and O–H groups in total. The molecule has 0 radical (unpaired) electrons. The summed E-state index contributed by atoms with van der Waals surface area (Å²) in [6.07, 6.45) is 6.47. The molecule has 24 heavy (non-hydrogen) atoms. The van der Waals surface area contributed by atoms with Crippen LogP contribution in [0.25, 0.3) is 0 Å². The van der Waals surface area contributed by atoms with Crippen LogP contribution in [0, 0.1) is 5.92 Å². The summed E-state index contributed by atoms with van der Waals surface area (Å²) in [6.45, 7) is 4.35. The molecule has 4 rings (SSSR count). The molecule has 0 unspecified atom stereocenters. The summed E-state index contributed by atoms with van der Waals surface area (Å²) >= 11 is 0. The fraction of sp³-hybridized carbons (Fsp3) is 0.579. The Morgan fingerprint density at radius 3 is 2.79 bits per heavy atom. The third-order valence-corrected chi connectivity index (χ3v) is 5.48. The van der Waals surface area contributed by atoms with E-state index in [2.05, 4.69) is 43.9 Å². The van der Waals surface area contributed by atoms with E-state index >= 15 is 0 Å². The van der Waals surface area contributed by atoms with E-state index in [1.54, 1.807) is 0 Å². The first-order valence-corrected chi connectivity index (χ1v) is 9.06. The highest BCUT2D eigenvalue weighted by atomic mass is 16.5. The molecule has 5 heteroatoms. The van der Waals surface area contributed by atoms with Gasteiger partial charge in [0.2, 0.25) is 0 Å². The number of aromatic nitrogens is 3. The fourth-order valence-corrected chi connectivity index (χ4v) is 4.12. The summed E-state index contributed by atoms with van der Waals surface area (Å²) < 4.78 is 7.98. The van der Waals surface area contributed by atoms with Crippen LogP contribution < -0.4 is 4.74 Å². The number of hydrogen-bond acceptors (Lipinski definition) is 4. The Balaban J connectivity index is 1.33.